The van der Waals surface area contributed by atoms with Crippen LogP contribution in [0.25, 0.3) is 0 Å². The predicted molar refractivity (Wildman–Crippen MR) is 114 cm³/mol. The maximum absolute atomic E-state index is 13.0. The number of halogens is 1. The molecule has 5 unspecified atom stereocenters. The molecule has 5 rings (SSSR count). The van der Waals surface area contributed by atoms with E-state index in [1.54, 1.807) is 0 Å². The van der Waals surface area contributed by atoms with E-state index < -0.39 is 0 Å². The maximum atomic E-state index is 13.0. The van der Waals surface area contributed by atoms with E-state index in [0.717, 1.165) is 56.5 Å². The Balaban J connectivity index is 1.11. The number of alkyl halides is 1. The molecule has 3 saturated carbocycles. The molecule has 2 aliphatic heterocycles. The first-order valence-electron chi connectivity index (χ1n) is 12.0. The molecule has 0 spiro atoms. The summed E-state index contributed by atoms with van der Waals surface area (Å²) in [6, 6.07) is 0.540. The Morgan fingerprint density at radius 3 is 2.07 bits per heavy atom. The fourth-order valence-electron chi connectivity index (χ4n) is 7.11. The average Bonchev–Trinajstić information content (AvgIpc) is 2.97. The van der Waals surface area contributed by atoms with E-state index in [1.165, 1.54) is 38.5 Å². The molecule has 0 radical (unpaired) electrons. The number of amides is 3. The Kier molecular flexibility index (Phi) is 5.70. The molecule has 6 heteroatoms. The van der Waals surface area contributed by atoms with Crippen molar-refractivity contribution in [3.05, 3.63) is 0 Å². The minimum Gasteiger partial charge on any atom is -0.353 e. The van der Waals surface area contributed by atoms with E-state index in [4.69, 9.17) is 11.6 Å². The molecule has 3 bridgehead atoms. The van der Waals surface area contributed by atoms with Crippen LogP contribution in [-0.4, -0.2) is 59.3 Å². The van der Waals surface area contributed by atoms with E-state index >= 15 is 0 Å². The molecule has 2 saturated heterocycles. The summed E-state index contributed by atoms with van der Waals surface area (Å²) in [7, 11) is 0. The van der Waals surface area contributed by atoms with E-state index in [9.17, 15) is 9.59 Å². The highest BCUT2D eigenvalue weighted by atomic mass is 35.5. The smallest absolute Gasteiger partial charge is 0.319 e. The third-order valence-electron chi connectivity index (χ3n) is 8.76. The molecule has 3 aliphatic carbocycles. The summed E-state index contributed by atoms with van der Waals surface area (Å²) < 4.78 is 0. The van der Waals surface area contributed by atoms with Crippen LogP contribution in [0.3, 0.4) is 0 Å². The first-order chi connectivity index (χ1) is 14.1. The molecular formula is C23H36ClN3O2. The molecule has 2 heterocycles. The van der Waals surface area contributed by atoms with Crippen LogP contribution in [0, 0.1) is 29.6 Å². The number of urea groups is 1. The van der Waals surface area contributed by atoms with E-state index in [1.807, 2.05) is 9.80 Å². The molecule has 0 aromatic carbocycles. The van der Waals surface area contributed by atoms with Gasteiger partial charge < -0.3 is 15.1 Å². The second-order valence-corrected chi connectivity index (χ2v) is 11.1. The van der Waals surface area contributed by atoms with Gasteiger partial charge >= 0.3 is 6.03 Å². The predicted octanol–water partition coefficient (Wildman–Crippen LogP) is 3.85. The Labute approximate surface area is 179 Å². The van der Waals surface area contributed by atoms with Crippen molar-refractivity contribution in [1.82, 2.24) is 15.1 Å². The zero-order valence-corrected chi connectivity index (χ0v) is 18.3. The van der Waals surface area contributed by atoms with E-state index in [2.05, 4.69) is 5.32 Å². The molecule has 5 fully saturated rings. The molecule has 0 aromatic rings. The van der Waals surface area contributed by atoms with Gasteiger partial charge in [-0.2, -0.15) is 0 Å². The van der Waals surface area contributed by atoms with Crippen molar-refractivity contribution in [2.45, 2.75) is 75.6 Å². The minimum absolute atomic E-state index is 0.0739. The number of carbonyl (C=O) groups is 2. The summed E-state index contributed by atoms with van der Waals surface area (Å²) in [5, 5.41) is 3.68. The van der Waals surface area contributed by atoms with Crippen LogP contribution in [0.5, 0.6) is 0 Å². The van der Waals surface area contributed by atoms with Gasteiger partial charge in [-0.1, -0.05) is 0 Å². The lowest BCUT2D eigenvalue weighted by Gasteiger charge is -2.38. The number of hydrogen-bond donors (Lipinski definition) is 1. The van der Waals surface area contributed by atoms with Gasteiger partial charge in [0.05, 0.1) is 0 Å². The zero-order chi connectivity index (χ0) is 20.0. The van der Waals surface area contributed by atoms with Crippen molar-refractivity contribution >= 4 is 23.5 Å². The summed E-state index contributed by atoms with van der Waals surface area (Å²) in [6.45, 7) is 2.94. The van der Waals surface area contributed by atoms with Crippen LogP contribution in [-0.2, 0) is 4.79 Å². The van der Waals surface area contributed by atoms with Crippen molar-refractivity contribution in [2.24, 2.45) is 29.6 Å². The highest BCUT2D eigenvalue weighted by Crippen LogP contribution is 2.53. The molecule has 29 heavy (non-hydrogen) atoms. The second kappa shape index (κ2) is 8.28. The molecule has 0 aromatic heterocycles. The Bertz CT molecular complexity index is 628. The summed E-state index contributed by atoms with van der Waals surface area (Å²) >= 11 is 6.16. The van der Waals surface area contributed by atoms with Crippen molar-refractivity contribution < 1.29 is 9.59 Å². The van der Waals surface area contributed by atoms with E-state index in [-0.39, 0.29) is 23.2 Å². The Hall–Kier alpha value is -0.970. The summed E-state index contributed by atoms with van der Waals surface area (Å²) in [5.74, 6) is 3.85. The lowest BCUT2D eigenvalue weighted by molar-refractivity contribution is -0.127. The highest BCUT2D eigenvalue weighted by molar-refractivity contribution is 6.20. The second-order valence-electron chi connectivity index (χ2n) is 10.5. The largest absolute Gasteiger partial charge is 0.353 e. The maximum Gasteiger partial charge on any atom is 0.319 e. The van der Waals surface area contributed by atoms with Gasteiger partial charge in [0.25, 0.3) is 0 Å². The first-order valence-corrected chi connectivity index (χ1v) is 12.5. The quantitative estimate of drug-likeness (QED) is 0.688. The Morgan fingerprint density at radius 1 is 0.724 bits per heavy atom. The lowest BCUT2D eigenvalue weighted by Crippen LogP contribution is -2.51. The van der Waals surface area contributed by atoms with Gasteiger partial charge in [0.2, 0.25) is 5.91 Å². The molecule has 5 aliphatic rings. The van der Waals surface area contributed by atoms with Crippen LogP contribution < -0.4 is 5.32 Å². The molecule has 162 valence electrons. The van der Waals surface area contributed by atoms with Crippen LogP contribution in [0.15, 0.2) is 0 Å². The SMILES string of the molecule is O=C(NC1CCC2CC3CC2CC1C3)C1CCN(C(=O)N2CCC(Cl)CC2)CC1. The van der Waals surface area contributed by atoms with E-state index in [0.29, 0.717) is 25.0 Å². The number of likely N-dealkylation sites (tertiary alicyclic amines) is 2. The van der Waals surface area contributed by atoms with Gasteiger partial charge in [-0.25, -0.2) is 4.79 Å². The number of carbonyl (C=O) groups excluding carboxylic acids is 2. The molecule has 5 atom stereocenters. The molecule has 5 nitrogen and oxygen atoms in total. The van der Waals surface area contributed by atoms with Crippen molar-refractivity contribution in [1.29, 1.82) is 0 Å². The monoisotopic (exact) mass is 421 g/mol. The number of nitrogens with one attached hydrogen (secondary N) is 1. The number of nitrogens with zero attached hydrogens (tertiary/aromatic N) is 2. The number of hydrogen-bond acceptors (Lipinski definition) is 2. The van der Waals surface area contributed by atoms with Crippen molar-refractivity contribution in [3.63, 3.8) is 0 Å². The van der Waals surface area contributed by atoms with Crippen LogP contribution in [0.2, 0.25) is 0 Å². The summed E-state index contributed by atoms with van der Waals surface area (Å²) in [6.07, 6.45) is 11.5. The number of rotatable bonds is 2. The summed E-state index contributed by atoms with van der Waals surface area (Å²) in [4.78, 5) is 29.6. The Morgan fingerprint density at radius 2 is 1.34 bits per heavy atom. The minimum atomic E-state index is 0.0739. The highest BCUT2D eigenvalue weighted by Gasteiger charge is 2.46. The van der Waals surface area contributed by atoms with Gasteiger partial charge in [0.15, 0.2) is 0 Å². The van der Waals surface area contributed by atoms with Gasteiger partial charge in [-0.15, -0.1) is 11.6 Å². The van der Waals surface area contributed by atoms with Gasteiger partial charge in [0, 0.05) is 43.5 Å². The normalized spacial score (nSPS) is 38.2. The lowest BCUT2D eigenvalue weighted by atomic mass is 9.77. The number of fused-ring (bicyclic) bond motifs is 2. The third kappa shape index (κ3) is 4.13. The fourth-order valence-corrected chi connectivity index (χ4v) is 7.30. The third-order valence-corrected chi connectivity index (χ3v) is 9.19. The van der Waals surface area contributed by atoms with Gasteiger partial charge in [0.1, 0.15) is 0 Å². The topological polar surface area (TPSA) is 52.7 Å². The average molecular weight is 422 g/mol. The van der Waals surface area contributed by atoms with Crippen LogP contribution in [0.4, 0.5) is 4.79 Å². The zero-order valence-electron chi connectivity index (χ0n) is 17.5. The van der Waals surface area contributed by atoms with Crippen LogP contribution in [0.1, 0.15) is 64.2 Å². The first kappa shape index (κ1) is 20.0. The van der Waals surface area contributed by atoms with Gasteiger partial charge in [-0.3, -0.25) is 4.79 Å². The summed E-state index contributed by atoms with van der Waals surface area (Å²) in [5.41, 5.74) is 0. The fraction of sp³-hybridized carbons (Fsp3) is 0.913. The molecular weight excluding hydrogens is 386 g/mol. The number of piperidine rings is 2. The van der Waals surface area contributed by atoms with Gasteiger partial charge in [-0.05, 0) is 87.9 Å². The van der Waals surface area contributed by atoms with Crippen molar-refractivity contribution in [3.8, 4) is 0 Å². The van der Waals surface area contributed by atoms with Crippen LogP contribution >= 0.6 is 11.6 Å². The molecule has 3 amide bonds. The van der Waals surface area contributed by atoms with Crippen molar-refractivity contribution in [2.75, 3.05) is 26.2 Å². The standard InChI is InChI=1S/C23H36ClN3O2/c24-20-5-9-27(10-6-20)23(29)26-7-3-16(4-8-26)22(28)25-21-2-1-17-11-15-12-18(17)14-19(21)13-15/h15-21H,1-14H2,(H,25,28). The molecule has 1 N–H and O–H groups in total.